The molecule has 0 saturated heterocycles. The molecule has 0 spiro atoms. The number of carbonyl (C=O) groups excluding carboxylic acids is 2. The topological polar surface area (TPSA) is 79.6 Å². The molecule has 2 heterocycles. The summed E-state index contributed by atoms with van der Waals surface area (Å²) in [6.45, 7) is 5.05. The van der Waals surface area contributed by atoms with Crippen molar-refractivity contribution in [3.63, 3.8) is 0 Å². The SMILES string of the molecule is CCN1C(=O)/C(=C/c2cnn(CC)c2)N=C1SCC(=O)Nc1ccc(Cl)cc1Cl. The summed E-state index contributed by atoms with van der Waals surface area (Å²) in [6.07, 6.45) is 5.23. The van der Waals surface area contributed by atoms with Gasteiger partial charge in [-0.2, -0.15) is 5.10 Å². The molecule has 29 heavy (non-hydrogen) atoms. The number of aromatic nitrogens is 2. The minimum Gasteiger partial charge on any atom is -0.324 e. The molecule has 0 unspecified atom stereocenters. The number of aliphatic imine (C=N–C) groups is 1. The number of halogens is 2. The third-order valence-corrected chi connectivity index (χ3v) is 5.57. The van der Waals surface area contributed by atoms with Gasteiger partial charge < -0.3 is 5.32 Å². The molecule has 7 nitrogen and oxygen atoms in total. The number of aryl methyl sites for hydroxylation is 1. The summed E-state index contributed by atoms with van der Waals surface area (Å²) < 4.78 is 1.77. The quantitative estimate of drug-likeness (QED) is 0.669. The van der Waals surface area contributed by atoms with Crippen LogP contribution >= 0.6 is 35.0 Å². The number of nitrogens with one attached hydrogen (secondary N) is 1. The molecule has 0 fully saturated rings. The summed E-state index contributed by atoms with van der Waals surface area (Å²) in [5.41, 5.74) is 1.61. The summed E-state index contributed by atoms with van der Waals surface area (Å²) in [4.78, 5) is 30.9. The van der Waals surface area contributed by atoms with Gasteiger partial charge in [0, 0.05) is 29.9 Å². The summed E-state index contributed by atoms with van der Waals surface area (Å²) >= 11 is 13.1. The molecule has 0 aliphatic carbocycles. The van der Waals surface area contributed by atoms with Crippen LogP contribution in [0.4, 0.5) is 5.69 Å². The molecule has 1 N–H and O–H groups in total. The molecule has 0 radical (unpaired) electrons. The van der Waals surface area contributed by atoms with E-state index in [0.717, 1.165) is 12.1 Å². The Morgan fingerprint density at radius 1 is 1.28 bits per heavy atom. The van der Waals surface area contributed by atoms with Crippen LogP contribution in [0.2, 0.25) is 10.0 Å². The number of hydrogen-bond donors (Lipinski definition) is 1. The van der Waals surface area contributed by atoms with Crippen molar-refractivity contribution in [1.82, 2.24) is 14.7 Å². The van der Waals surface area contributed by atoms with Crippen LogP contribution in [0, 0.1) is 0 Å². The van der Waals surface area contributed by atoms with Crippen molar-refractivity contribution in [3.05, 3.63) is 51.9 Å². The molecule has 1 aromatic carbocycles. The van der Waals surface area contributed by atoms with Gasteiger partial charge in [-0.3, -0.25) is 19.2 Å². The Morgan fingerprint density at radius 2 is 2.07 bits per heavy atom. The zero-order valence-electron chi connectivity index (χ0n) is 15.9. The molecule has 0 atom stereocenters. The first kappa shape index (κ1) is 21.4. The Bertz CT molecular complexity index is 1000. The first-order valence-corrected chi connectivity index (χ1v) is 10.7. The number of carbonyl (C=O) groups is 2. The fourth-order valence-electron chi connectivity index (χ4n) is 2.61. The highest BCUT2D eigenvalue weighted by Gasteiger charge is 2.29. The molecule has 2 amide bonds. The van der Waals surface area contributed by atoms with E-state index >= 15 is 0 Å². The van der Waals surface area contributed by atoms with E-state index in [1.54, 1.807) is 40.1 Å². The van der Waals surface area contributed by atoms with Crippen LogP contribution < -0.4 is 5.32 Å². The van der Waals surface area contributed by atoms with E-state index in [9.17, 15) is 9.59 Å². The second-order valence-electron chi connectivity index (χ2n) is 6.06. The fourth-order valence-corrected chi connectivity index (χ4v) is 3.93. The summed E-state index contributed by atoms with van der Waals surface area (Å²) in [5.74, 6) is -0.365. The standard InChI is InChI=1S/C19H19Cl2N5O2S/c1-3-25-10-12(9-22-25)7-16-18(28)26(4-2)19(24-16)29-11-17(27)23-15-6-5-13(20)8-14(15)21/h5-10H,3-4,11H2,1-2H3,(H,23,27)/b16-7-. The molecule has 1 aliphatic rings. The summed E-state index contributed by atoms with van der Waals surface area (Å²) in [6, 6.07) is 4.84. The Hall–Kier alpha value is -2.29. The normalized spacial score (nSPS) is 15.2. The number of benzene rings is 1. The lowest BCUT2D eigenvalue weighted by Gasteiger charge is -2.14. The van der Waals surface area contributed by atoms with Gasteiger partial charge in [-0.25, -0.2) is 4.99 Å². The van der Waals surface area contributed by atoms with Gasteiger partial charge in [0.15, 0.2) is 5.17 Å². The highest BCUT2D eigenvalue weighted by molar-refractivity contribution is 8.14. The number of hydrogen-bond acceptors (Lipinski definition) is 5. The number of anilines is 1. The van der Waals surface area contributed by atoms with Crippen LogP contribution in [0.15, 0.2) is 41.3 Å². The average Bonchev–Trinajstić information content (AvgIpc) is 3.27. The van der Waals surface area contributed by atoms with Crippen LogP contribution in [0.1, 0.15) is 19.4 Å². The zero-order valence-corrected chi connectivity index (χ0v) is 18.2. The highest BCUT2D eigenvalue weighted by Crippen LogP contribution is 2.27. The number of rotatable bonds is 6. The molecule has 1 aliphatic heterocycles. The van der Waals surface area contributed by atoms with E-state index in [1.165, 1.54) is 11.8 Å². The van der Waals surface area contributed by atoms with Crippen molar-refractivity contribution >= 4 is 63.7 Å². The van der Waals surface area contributed by atoms with Crippen molar-refractivity contribution < 1.29 is 9.59 Å². The van der Waals surface area contributed by atoms with Gasteiger partial charge >= 0.3 is 0 Å². The second kappa shape index (κ2) is 9.47. The van der Waals surface area contributed by atoms with Gasteiger partial charge in [0.25, 0.3) is 5.91 Å². The molecule has 0 saturated carbocycles. The maximum atomic E-state index is 12.6. The molecular weight excluding hydrogens is 433 g/mol. The lowest BCUT2D eigenvalue weighted by atomic mass is 10.3. The van der Waals surface area contributed by atoms with Crippen molar-refractivity contribution in [1.29, 1.82) is 0 Å². The predicted octanol–water partition coefficient (Wildman–Crippen LogP) is 4.14. The lowest BCUT2D eigenvalue weighted by molar-refractivity contribution is -0.122. The van der Waals surface area contributed by atoms with E-state index in [2.05, 4.69) is 15.4 Å². The first-order valence-electron chi connectivity index (χ1n) is 8.93. The number of amides is 2. The van der Waals surface area contributed by atoms with Gasteiger partial charge in [0.1, 0.15) is 5.70 Å². The maximum absolute atomic E-state index is 12.6. The maximum Gasteiger partial charge on any atom is 0.278 e. The molecule has 2 aromatic rings. The van der Waals surface area contributed by atoms with E-state index in [4.69, 9.17) is 23.2 Å². The van der Waals surface area contributed by atoms with Crippen molar-refractivity contribution in [3.8, 4) is 0 Å². The van der Waals surface area contributed by atoms with Crippen molar-refractivity contribution in [2.24, 2.45) is 4.99 Å². The third-order valence-electron chi connectivity index (χ3n) is 4.05. The van der Waals surface area contributed by atoms with E-state index in [0.29, 0.717) is 33.1 Å². The zero-order chi connectivity index (χ0) is 21.0. The molecule has 0 bridgehead atoms. The minimum atomic E-state index is -0.257. The molecule has 152 valence electrons. The first-order chi connectivity index (χ1) is 13.9. The van der Waals surface area contributed by atoms with Gasteiger partial charge in [0.05, 0.1) is 22.7 Å². The van der Waals surface area contributed by atoms with Crippen LogP contribution in [-0.2, 0) is 16.1 Å². The fraction of sp³-hybridized carbons (Fsp3) is 0.263. The number of nitrogens with zero attached hydrogens (tertiary/aromatic N) is 4. The highest BCUT2D eigenvalue weighted by atomic mass is 35.5. The van der Waals surface area contributed by atoms with Gasteiger partial charge in [0.2, 0.25) is 5.91 Å². The van der Waals surface area contributed by atoms with Gasteiger partial charge in [-0.1, -0.05) is 35.0 Å². The largest absolute Gasteiger partial charge is 0.324 e. The van der Waals surface area contributed by atoms with E-state index in [1.807, 2.05) is 20.0 Å². The molecule has 1 aromatic heterocycles. The number of amidine groups is 1. The average molecular weight is 452 g/mol. The number of thioether (sulfide) groups is 1. The Kier molecular flexibility index (Phi) is 7.00. The summed E-state index contributed by atoms with van der Waals surface area (Å²) in [7, 11) is 0. The Morgan fingerprint density at radius 3 is 2.72 bits per heavy atom. The molecule has 3 rings (SSSR count). The molecular formula is C19H19Cl2N5O2S. The van der Waals surface area contributed by atoms with Crippen LogP contribution in [0.5, 0.6) is 0 Å². The Labute approximate surface area is 182 Å². The van der Waals surface area contributed by atoms with Crippen LogP contribution in [-0.4, -0.2) is 44.0 Å². The van der Waals surface area contributed by atoms with E-state index in [-0.39, 0.29) is 17.6 Å². The minimum absolute atomic E-state index is 0.0859. The van der Waals surface area contributed by atoms with E-state index < -0.39 is 0 Å². The monoisotopic (exact) mass is 451 g/mol. The van der Waals surface area contributed by atoms with Gasteiger partial charge in [-0.15, -0.1) is 0 Å². The Balaban J connectivity index is 1.68. The van der Waals surface area contributed by atoms with Gasteiger partial charge in [-0.05, 0) is 38.1 Å². The summed E-state index contributed by atoms with van der Waals surface area (Å²) in [5, 5.41) is 8.26. The van der Waals surface area contributed by atoms with Crippen molar-refractivity contribution in [2.75, 3.05) is 17.6 Å². The van der Waals surface area contributed by atoms with Crippen LogP contribution in [0.25, 0.3) is 6.08 Å². The lowest BCUT2D eigenvalue weighted by Crippen LogP contribution is -2.31. The number of likely N-dealkylation sites (N-methyl/N-ethyl adjacent to an activating group) is 1. The molecule has 10 heteroatoms. The predicted molar refractivity (Wildman–Crippen MR) is 118 cm³/mol. The van der Waals surface area contributed by atoms with Crippen LogP contribution in [0.3, 0.4) is 0 Å². The third kappa shape index (κ3) is 5.20. The smallest absolute Gasteiger partial charge is 0.278 e. The van der Waals surface area contributed by atoms with Crippen molar-refractivity contribution in [2.45, 2.75) is 20.4 Å². The second-order valence-corrected chi connectivity index (χ2v) is 7.85.